The number of methoxy groups -OCH3 is 2. The maximum Gasteiger partial charge on any atom is 0.118 e. The number of ether oxygens (including phenoxy) is 2. The maximum atomic E-state index is 6.81. The third-order valence-corrected chi connectivity index (χ3v) is 15.2. The van der Waals surface area contributed by atoms with Gasteiger partial charge in [-0.3, -0.25) is 0 Å². The largest absolute Gasteiger partial charge is 0.371 e. The fourth-order valence-corrected chi connectivity index (χ4v) is 12.6. The summed E-state index contributed by atoms with van der Waals surface area (Å²) in [7, 11) is 3.88. The van der Waals surface area contributed by atoms with Crippen LogP contribution in [0.1, 0.15) is 76.3 Å². The predicted octanol–water partition coefficient (Wildman–Crippen LogP) is 14.0. The van der Waals surface area contributed by atoms with Gasteiger partial charge in [-0.15, -0.1) is 0 Å². The van der Waals surface area contributed by atoms with Crippen LogP contribution in [0.2, 0.25) is 0 Å². The molecule has 58 heavy (non-hydrogen) atoms. The lowest BCUT2D eigenvalue weighted by Crippen LogP contribution is -2.57. The van der Waals surface area contributed by atoms with Gasteiger partial charge in [0, 0.05) is 48.1 Å². The van der Waals surface area contributed by atoms with Gasteiger partial charge in [0.25, 0.3) is 0 Å². The van der Waals surface area contributed by atoms with E-state index in [1.165, 1.54) is 90.5 Å². The number of fused-ring (bicyclic) bond motifs is 8. The van der Waals surface area contributed by atoms with E-state index in [0.717, 1.165) is 38.5 Å². The second kappa shape index (κ2) is 13.0. The highest BCUT2D eigenvalue weighted by molar-refractivity contribution is 6.21. The van der Waals surface area contributed by atoms with Crippen molar-refractivity contribution in [1.82, 2.24) is 0 Å². The zero-order valence-corrected chi connectivity index (χ0v) is 34.2. The molecule has 290 valence electrons. The maximum absolute atomic E-state index is 6.81. The van der Waals surface area contributed by atoms with Crippen molar-refractivity contribution in [2.24, 2.45) is 0 Å². The second-order valence-corrected chi connectivity index (χ2v) is 17.7. The minimum absolute atomic E-state index is 0.200. The Labute approximate surface area is 343 Å². The van der Waals surface area contributed by atoms with Gasteiger partial charge in [-0.25, -0.2) is 0 Å². The third-order valence-electron chi connectivity index (χ3n) is 15.2. The molecule has 2 saturated carbocycles. The van der Waals surface area contributed by atoms with Crippen LogP contribution in [-0.4, -0.2) is 25.3 Å². The molecule has 0 radical (unpaired) electrons. The molecule has 0 saturated heterocycles. The fourth-order valence-electron chi connectivity index (χ4n) is 12.6. The van der Waals surface area contributed by atoms with Crippen LogP contribution in [0.25, 0.3) is 43.8 Å². The Bertz CT molecular complexity index is 2480. The number of nitrogens with zero attached hydrogens (tertiary/aromatic N) is 2. The first-order chi connectivity index (χ1) is 28.4. The topological polar surface area (TPSA) is 24.9 Å². The van der Waals surface area contributed by atoms with Crippen molar-refractivity contribution in [3.05, 3.63) is 157 Å². The molecule has 7 aromatic carbocycles. The van der Waals surface area contributed by atoms with E-state index in [1.54, 1.807) is 0 Å². The van der Waals surface area contributed by atoms with Crippen LogP contribution < -0.4 is 9.80 Å². The summed E-state index contributed by atoms with van der Waals surface area (Å²) >= 11 is 0. The van der Waals surface area contributed by atoms with Crippen molar-refractivity contribution < 1.29 is 9.47 Å². The smallest absolute Gasteiger partial charge is 0.118 e. The van der Waals surface area contributed by atoms with Crippen LogP contribution in [0.3, 0.4) is 0 Å². The summed E-state index contributed by atoms with van der Waals surface area (Å²) in [6.45, 7) is 4.86. The number of hydrogen-bond acceptors (Lipinski definition) is 4. The number of anilines is 4. The van der Waals surface area contributed by atoms with Gasteiger partial charge in [-0.2, -0.15) is 0 Å². The Kier molecular flexibility index (Phi) is 8.03. The summed E-state index contributed by atoms with van der Waals surface area (Å²) in [5.74, 6) is 0. The number of para-hydroxylation sites is 2. The average molecular weight is 761 g/mol. The van der Waals surface area contributed by atoms with Gasteiger partial charge in [0.1, 0.15) is 11.2 Å². The number of rotatable bonds is 6. The van der Waals surface area contributed by atoms with Gasteiger partial charge in [0.15, 0.2) is 0 Å². The summed E-state index contributed by atoms with van der Waals surface area (Å²) < 4.78 is 13.6. The molecule has 11 rings (SSSR count). The first-order valence-corrected chi connectivity index (χ1v) is 21.4. The van der Waals surface area contributed by atoms with E-state index in [2.05, 4.69) is 169 Å². The molecular weight excluding hydrogens is 709 g/mol. The van der Waals surface area contributed by atoms with Crippen molar-refractivity contribution in [3.8, 4) is 22.3 Å². The summed E-state index contributed by atoms with van der Waals surface area (Å²) in [6, 6.07) is 54.5. The average Bonchev–Trinajstić information content (AvgIpc) is 3.65. The molecule has 4 nitrogen and oxygen atoms in total. The minimum atomic E-state index is -0.416. The zero-order chi connectivity index (χ0) is 39.3. The summed E-state index contributed by atoms with van der Waals surface area (Å²) in [4.78, 5) is 5.18. The van der Waals surface area contributed by atoms with Crippen molar-refractivity contribution in [2.45, 2.75) is 87.5 Å². The van der Waals surface area contributed by atoms with E-state index < -0.39 is 11.2 Å². The highest BCUT2D eigenvalue weighted by Crippen LogP contribution is 2.64. The van der Waals surface area contributed by atoms with Crippen molar-refractivity contribution in [3.63, 3.8) is 0 Å². The highest BCUT2D eigenvalue weighted by Gasteiger charge is 2.62. The predicted molar refractivity (Wildman–Crippen MR) is 241 cm³/mol. The molecule has 0 N–H and O–H groups in total. The lowest BCUT2D eigenvalue weighted by atomic mass is 9.68. The molecule has 4 unspecified atom stereocenters. The Morgan fingerprint density at radius 1 is 0.414 bits per heavy atom. The monoisotopic (exact) mass is 760 g/mol. The molecule has 0 bridgehead atoms. The number of benzene rings is 7. The molecule has 2 aliphatic heterocycles. The Morgan fingerprint density at radius 3 is 1.12 bits per heavy atom. The van der Waals surface area contributed by atoms with E-state index in [9.17, 15) is 0 Å². The Hall–Kier alpha value is -5.42. The van der Waals surface area contributed by atoms with E-state index in [4.69, 9.17) is 9.47 Å². The van der Waals surface area contributed by atoms with E-state index >= 15 is 0 Å². The molecule has 4 heteroatoms. The molecule has 2 heterocycles. The van der Waals surface area contributed by atoms with Gasteiger partial charge < -0.3 is 19.3 Å². The summed E-state index contributed by atoms with van der Waals surface area (Å²) in [5.41, 5.74) is 11.4. The molecular formula is C54H52N2O2. The SMILES string of the molecule is COC12CCCCC1(C)N(c1ccccc1)c1ccc(-c3c4ccccc4c(-c4ccc5c(c4)C4(OC)CCCCC4(C)N5c4ccccc4)c4ccccc34)cc12. The van der Waals surface area contributed by atoms with Gasteiger partial charge in [0.05, 0.1) is 11.1 Å². The summed E-state index contributed by atoms with van der Waals surface area (Å²) in [6.07, 6.45) is 8.86. The van der Waals surface area contributed by atoms with Gasteiger partial charge >= 0.3 is 0 Å². The zero-order valence-electron chi connectivity index (χ0n) is 34.2. The molecule has 0 amide bonds. The van der Waals surface area contributed by atoms with Gasteiger partial charge in [-0.05, 0) is 132 Å². The fraction of sp³-hybridized carbons (Fsp3) is 0.296. The lowest BCUT2D eigenvalue weighted by Gasteiger charge is -2.50. The second-order valence-electron chi connectivity index (χ2n) is 17.7. The Morgan fingerprint density at radius 2 is 0.759 bits per heavy atom. The summed E-state index contributed by atoms with van der Waals surface area (Å²) in [5, 5.41) is 5.06. The quantitative estimate of drug-likeness (QED) is 0.158. The van der Waals surface area contributed by atoms with Crippen molar-refractivity contribution in [2.75, 3.05) is 24.0 Å². The third kappa shape index (κ3) is 4.59. The minimum Gasteiger partial charge on any atom is -0.371 e. The molecule has 2 fully saturated rings. The van der Waals surface area contributed by atoms with Crippen molar-refractivity contribution in [1.29, 1.82) is 0 Å². The van der Waals surface area contributed by atoms with E-state index in [-0.39, 0.29) is 11.1 Å². The molecule has 2 aliphatic carbocycles. The van der Waals surface area contributed by atoms with Crippen LogP contribution in [0.15, 0.2) is 146 Å². The van der Waals surface area contributed by atoms with Gasteiger partial charge in [-0.1, -0.05) is 123 Å². The van der Waals surface area contributed by atoms with Crippen LogP contribution >= 0.6 is 0 Å². The van der Waals surface area contributed by atoms with Gasteiger partial charge in [0.2, 0.25) is 0 Å². The van der Waals surface area contributed by atoms with E-state index in [0.29, 0.717) is 0 Å². The highest BCUT2D eigenvalue weighted by atomic mass is 16.5. The molecule has 0 spiro atoms. The van der Waals surface area contributed by atoms with Crippen LogP contribution in [0.4, 0.5) is 22.7 Å². The molecule has 0 aromatic heterocycles. The van der Waals surface area contributed by atoms with Crippen molar-refractivity contribution >= 4 is 44.3 Å². The molecule has 4 aliphatic rings. The van der Waals surface area contributed by atoms with Crippen LogP contribution in [0, 0.1) is 0 Å². The molecule has 4 atom stereocenters. The first-order valence-electron chi connectivity index (χ1n) is 21.4. The first kappa shape index (κ1) is 35.7. The standard InChI is InChI=1S/C54H52N2O2/c1-51-31-15-17-33-53(51,57-3)45-35-37(27-29-47(45)55(51)39-19-7-5-8-20-39)49-41-23-11-13-25-43(41)50(44-26-14-12-24-42(44)49)38-28-30-48-46(36-38)54(58-4)34-18-16-32-52(54,2)56(48)40-21-9-6-10-22-40/h5-14,19-30,35-36H,15-18,31-34H2,1-4H3. The van der Waals surface area contributed by atoms with E-state index in [1.807, 2.05) is 14.2 Å². The lowest BCUT2D eigenvalue weighted by molar-refractivity contribution is -0.0872. The normalized spacial score (nSPS) is 26.1. The molecule has 7 aromatic rings. The number of hydrogen-bond donors (Lipinski definition) is 0. The van der Waals surface area contributed by atoms with Crippen LogP contribution in [-0.2, 0) is 20.7 Å². The Balaban J connectivity index is 1.13. The van der Waals surface area contributed by atoms with Crippen LogP contribution in [0.5, 0.6) is 0 Å².